The molecule has 264 valence electrons. The molecule has 1 fully saturated rings. The zero-order chi connectivity index (χ0) is 34.9. The molecule has 0 radical (unpaired) electrons. The summed E-state index contributed by atoms with van der Waals surface area (Å²) >= 11 is 6.34. The molecule has 11 heteroatoms. The van der Waals surface area contributed by atoms with Crippen molar-refractivity contribution in [1.29, 1.82) is 0 Å². The molecule has 0 saturated heterocycles. The Kier molecular flexibility index (Phi) is 14.9. The second-order valence-corrected chi connectivity index (χ2v) is 14.8. The van der Waals surface area contributed by atoms with Crippen molar-refractivity contribution in [3.63, 3.8) is 0 Å². The Bertz CT molecular complexity index is 1340. The van der Waals surface area contributed by atoms with Gasteiger partial charge in [0, 0.05) is 29.6 Å². The minimum absolute atomic E-state index is 0.0545. The van der Waals surface area contributed by atoms with Crippen molar-refractivity contribution < 1.29 is 32.0 Å². The molecule has 2 aromatic carbocycles. The first-order chi connectivity index (χ1) is 22.3. The summed E-state index contributed by atoms with van der Waals surface area (Å²) in [6.45, 7) is 13.4. The number of nitrogens with one attached hydrogen (secondary N) is 1. The van der Waals surface area contributed by atoms with Crippen LogP contribution >= 0.6 is 11.6 Å². The van der Waals surface area contributed by atoms with Gasteiger partial charge in [0.1, 0.15) is 22.8 Å². The predicted molar refractivity (Wildman–Crippen MR) is 186 cm³/mol. The van der Waals surface area contributed by atoms with Gasteiger partial charge < -0.3 is 14.7 Å². The summed E-state index contributed by atoms with van der Waals surface area (Å²) in [5.74, 6) is -0.0661. The average Bonchev–Trinajstić information content (AvgIpc) is 3.21. The molecule has 2 aliphatic rings. The number of amides is 1. The molecule has 0 spiro atoms. The highest BCUT2D eigenvalue weighted by atomic mass is 35.5. The molecular weight excluding hydrogens is 649 g/mol. The van der Waals surface area contributed by atoms with E-state index in [1.54, 1.807) is 18.2 Å². The summed E-state index contributed by atoms with van der Waals surface area (Å²) in [5, 5.41) is 10.2. The molecule has 6 nitrogen and oxygen atoms in total. The lowest BCUT2D eigenvalue weighted by Crippen LogP contribution is -2.43. The van der Waals surface area contributed by atoms with Crippen LogP contribution in [0, 0.1) is 17.8 Å². The number of aliphatic hydroxyl groups excluding tert-OH is 1. The van der Waals surface area contributed by atoms with Gasteiger partial charge in [0.25, 0.3) is 5.91 Å². The maximum atomic E-state index is 13.3. The van der Waals surface area contributed by atoms with E-state index in [1.807, 2.05) is 45.9 Å². The van der Waals surface area contributed by atoms with Gasteiger partial charge in [0.15, 0.2) is 0 Å². The number of carbonyl (C=O) groups excluding carboxylic acids is 1. The third-order valence-corrected chi connectivity index (χ3v) is 11.3. The van der Waals surface area contributed by atoms with Crippen LogP contribution in [0.1, 0.15) is 107 Å². The summed E-state index contributed by atoms with van der Waals surface area (Å²) in [7, 11) is -1.57. The Labute approximate surface area is 286 Å². The van der Waals surface area contributed by atoms with Gasteiger partial charge in [-0.3, -0.25) is 9.52 Å². The first-order valence-corrected chi connectivity index (χ1v) is 18.7. The number of carbonyl (C=O) groups is 1. The van der Waals surface area contributed by atoms with Gasteiger partial charge in [-0.25, -0.2) is 4.21 Å². The summed E-state index contributed by atoms with van der Waals surface area (Å²) < 4.78 is 61.5. The fourth-order valence-electron chi connectivity index (χ4n) is 6.49. The number of rotatable bonds is 13. The number of halogens is 4. The normalized spacial score (nSPS) is 21.9. The van der Waals surface area contributed by atoms with E-state index >= 15 is 0 Å². The minimum Gasteiger partial charge on any atom is -0.491 e. The monoisotopic (exact) mass is 700 g/mol. The van der Waals surface area contributed by atoms with Gasteiger partial charge >= 0.3 is 6.18 Å². The molecule has 1 heterocycles. The molecule has 0 bridgehead atoms. The number of anilines is 1. The first kappa shape index (κ1) is 39.1. The molecule has 2 N–H and O–H groups in total. The molecule has 1 aliphatic carbocycles. The van der Waals surface area contributed by atoms with E-state index in [9.17, 15) is 27.3 Å². The molecule has 2 aromatic rings. The molecule has 7 atom stereocenters. The fourth-order valence-corrected chi connectivity index (χ4v) is 7.73. The van der Waals surface area contributed by atoms with Gasteiger partial charge in [0.2, 0.25) is 0 Å². The van der Waals surface area contributed by atoms with Crippen molar-refractivity contribution >= 4 is 34.2 Å². The van der Waals surface area contributed by atoms with E-state index in [4.69, 9.17) is 16.3 Å². The molecule has 7 unspecified atom stereocenters. The van der Waals surface area contributed by atoms with E-state index in [2.05, 4.69) is 23.5 Å². The van der Waals surface area contributed by atoms with Gasteiger partial charge in [0.05, 0.1) is 17.5 Å². The van der Waals surface area contributed by atoms with E-state index < -0.39 is 29.2 Å². The lowest BCUT2D eigenvalue weighted by atomic mass is 9.70. The minimum atomic E-state index is -4.65. The Morgan fingerprint density at radius 1 is 1.11 bits per heavy atom. The van der Waals surface area contributed by atoms with Crippen LogP contribution in [0.3, 0.4) is 0 Å². The lowest BCUT2D eigenvalue weighted by molar-refractivity contribution is -0.211. The van der Waals surface area contributed by atoms with E-state index in [0.29, 0.717) is 48.1 Å². The quantitative estimate of drug-likeness (QED) is 0.218. The zero-order valence-electron chi connectivity index (χ0n) is 28.5. The third kappa shape index (κ3) is 10.3. The van der Waals surface area contributed by atoms with Gasteiger partial charge in [-0.05, 0) is 98.2 Å². The van der Waals surface area contributed by atoms with E-state index in [-0.39, 0.29) is 35.3 Å². The number of fused-ring (bicyclic) bond motifs is 1. The molecule has 0 aromatic heterocycles. The molecular formula is C36H52ClF3N2O4S. The molecule has 4 rings (SSSR count). The highest BCUT2D eigenvalue weighted by Gasteiger charge is 2.43. The molecule has 47 heavy (non-hydrogen) atoms. The standard InChI is InChI=1S/C34H46ClF3N2O4S.C2H6/c1-5-7-21(3)22(4)45(43)39-33(42)25-11-14-31-30(16-25)40(18-26-10-9-23(26)17-32(41)34(36,37)38)19-27(20-44-31)29-13-12-28(35)15-24(29)8-6-2;1-2/h11-16,21-23,26-27,32,41H,5-10,17-20H2,1-4H3,(H,39,42);1-2H3. The number of aliphatic hydroxyl groups is 1. The highest BCUT2D eigenvalue weighted by Crippen LogP contribution is 2.44. The highest BCUT2D eigenvalue weighted by molar-refractivity contribution is 7.84. The lowest BCUT2D eigenvalue weighted by Gasteiger charge is -2.42. The number of aryl methyl sites for hydroxylation is 1. The maximum absolute atomic E-state index is 13.3. The van der Waals surface area contributed by atoms with Gasteiger partial charge in [-0.2, -0.15) is 13.2 Å². The summed E-state index contributed by atoms with van der Waals surface area (Å²) in [5.41, 5.74) is 3.25. The SMILES string of the molecule is CC.CCCc1cc(Cl)ccc1C1COc2ccc(C(=O)NS(=O)C(C)C(C)CCC)cc2N(CC2CCC2CC(O)C(F)(F)F)C1. The second-order valence-electron chi connectivity index (χ2n) is 12.8. The number of hydrogen-bond acceptors (Lipinski definition) is 5. The predicted octanol–water partition coefficient (Wildman–Crippen LogP) is 8.86. The van der Waals surface area contributed by atoms with Crippen LogP contribution in [0.2, 0.25) is 5.02 Å². The second kappa shape index (κ2) is 17.9. The van der Waals surface area contributed by atoms with Crippen molar-refractivity contribution in [2.24, 2.45) is 17.8 Å². The van der Waals surface area contributed by atoms with Crippen LogP contribution in [0.25, 0.3) is 0 Å². The van der Waals surface area contributed by atoms with Crippen molar-refractivity contribution in [2.45, 2.75) is 110 Å². The number of benzene rings is 2. The zero-order valence-corrected chi connectivity index (χ0v) is 30.1. The van der Waals surface area contributed by atoms with Gasteiger partial charge in [-0.1, -0.05) is 65.1 Å². The van der Waals surface area contributed by atoms with Gasteiger partial charge in [-0.15, -0.1) is 0 Å². The first-order valence-electron chi connectivity index (χ1n) is 17.1. The summed E-state index contributed by atoms with van der Waals surface area (Å²) in [4.78, 5) is 15.4. The Balaban J connectivity index is 0.00000294. The van der Waals surface area contributed by atoms with Crippen LogP contribution in [-0.4, -0.2) is 52.4 Å². The van der Waals surface area contributed by atoms with Crippen molar-refractivity contribution in [2.75, 3.05) is 24.6 Å². The van der Waals surface area contributed by atoms with Crippen molar-refractivity contribution in [3.8, 4) is 5.75 Å². The Morgan fingerprint density at radius 3 is 2.43 bits per heavy atom. The van der Waals surface area contributed by atoms with Crippen molar-refractivity contribution in [3.05, 3.63) is 58.1 Å². The van der Waals surface area contributed by atoms with Crippen molar-refractivity contribution in [1.82, 2.24) is 4.72 Å². The Morgan fingerprint density at radius 2 is 1.81 bits per heavy atom. The average molecular weight is 701 g/mol. The number of ether oxygens (including phenoxy) is 1. The van der Waals surface area contributed by atoms with E-state index in [1.165, 1.54) is 0 Å². The largest absolute Gasteiger partial charge is 0.491 e. The number of hydrogen-bond donors (Lipinski definition) is 2. The summed E-state index contributed by atoms with van der Waals surface area (Å²) in [6, 6.07) is 11.0. The fraction of sp³-hybridized carbons (Fsp3) is 0.639. The Hall–Kier alpha value is -2.30. The topological polar surface area (TPSA) is 78.9 Å². The molecule has 1 aliphatic heterocycles. The maximum Gasteiger partial charge on any atom is 0.414 e. The van der Waals surface area contributed by atoms with Crippen LogP contribution < -0.4 is 14.4 Å². The molecule has 1 amide bonds. The molecule has 1 saturated carbocycles. The van der Waals surface area contributed by atoms with Crippen LogP contribution in [0.5, 0.6) is 5.75 Å². The van der Waals surface area contributed by atoms with Crippen LogP contribution in [-0.2, 0) is 17.4 Å². The summed E-state index contributed by atoms with van der Waals surface area (Å²) in [6.07, 6.45) is -2.29. The number of nitrogens with zero attached hydrogens (tertiary/aromatic N) is 1. The number of alkyl halides is 3. The van der Waals surface area contributed by atoms with Crippen LogP contribution in [0.15, 0.2) is 36.4 Å². The smallest absolute Gasteiger partial charge is 0.414 e. The van der Waals surface area contributed by atoms with Crippen LogP contribution in [0.4, 0.5) is 18.9 Å². The third-order valence-electron chi connectivity index (χ3n) is 9.52. The van der Waals surface area contributed by atoms with E-state index in [0.717, 1.165) is 43.2 Å².